The minimum Gasteiger partial charge on any atom is -0.469 e. The van der Waals surface area contributed by atoms with E-state index in [9.17, 15) is 9.59 Å². The second-order valence-electron chi connectivity index (χ2n) is 3.93. The second kappa shape index (κ2) is 5.73. The molecule has 0 aromatic carbocycles. The summed E-state index contributed by atoms with van der Waals surface area (Å²) in [4.78, 5) is 24.6. The van der Waals surface area contributed by atoms with Gasteiger partial charge in [-0.3, -0.25) is 9.59 Å². The third-order valence-electron chi connectivity index (χ3n) is 2.85. The van der Waals surface area contributed by atoms with Crippen LogP contribution in [0.15, 0.2) is 0 Å². The minimum atomic E-state index is -0.141. The lowest BCUT2D eigenvalue weighted by Gasteiger charge is -2.30. The summed E-state index contributed by atoms with van der Waals surface area (Å²) >= 11 is 0. The molecule has 1 fully saturated rings. The summed E-state index contributed by atoms with van der Waals surface area (Å²) in [6.45, 7) is 3.39. The standard InChI is InChI=1S/C11H19NO3/c1-3-4-10(13)12-7-5-9(6-8-12)11(14)15-2/h9H,3-8H2,1-2H3. The Hall–Kier alpha value is -1.06. The molecule has 1 saturated heterocycles. The lowest BCUT2D eigenvalue weighted by molar-refractivity contribution is -0.148. The van der Waals surface area contributed by atoms with Gasteiger partial charge in [0.1, 0.15) is 0 Å². The predicted octanol–water partition coefficient (Wildman–Crippen LogP) is 1.20. The number of hydrogen-bond donors (Lipinski definition) is 0. The van der Waals surface area contributed by atoms with Gasteiger partial charge in [0.25, 0.3) is 0 Å². The Bertz CT molecular complexity index is 232. The van der Waals surface area contributed by atoms with Gasteiger partial charge in [-0.05, 0) is 19.3 Å². The summed E-state index contributed by atoms with van der Waals surface area (Å²) in [6, 6.07) is 0. The van der Waals surface area contributed by atoms with Crippen molar-refractivity contribution in [2.24, 2.45) is 5.92 Å². The molecular weight excluding hydrogens is 194 g/mol. The summed E-state index contributed by atoms with van der Waals surface area (Å²) in [7, 11) is 1.41. The van der Waals surface area contributed by atoms with Crippen molar-refractivity contribution in [2.45, 2.75) is 32.6 Å². The van der Waals surface area contributed by atoms with Crippen molar-refractivity contribution in [1.29, 1.82) is 0 Å². The summed E-state index contributed by atoms with van der Waals surface area (Å²) in [5.41, 5.74) is 0. The average molecular weight is 213 g/mol. The Morgan fingerprint density at radius 3 is 2.40 bits per heavy atom. The number of piperidine rings is 1. The van der Waals surface area contributed by atoms with Gasteiger partial charge in [-0.2, -0.15) is 0 Å². The van der Waals surface area contributed by atoms with E-state index in [1.165, 1.54) is 7.11 Å². The molecule has 0 aromatic heterocycles. The zero-order valence-corrected chi connectivity index (χ0v) is 9.49. The molecule has 0 N–H and O–H groups in total. The van der Waals surface area contributed by atoms with E-state index in [1.807, 2.05) is 11.8 Å². The number of amides is 1. The number of rotatable bonds is 3. The largest absolute Gasteiger partial charge is 0.469 e. The zero-order valence-electron chi connectivity index (χ0n) is 9.49. The van der Waals surface area contributed by atoms with E-state index in [1.54, 1.807) is 0 Å². The Balaban J connectivity index is 2.35. The number of carbonyl (C=O) groups is 2. The number of hydrogen-bond acceptors (Lipinski definition) is 3. The quantitative estimate of drug-likeness (QED) is 0.662. The second-order valence-corrected chi connectivity index (χ2v) is 3.93. The molecule has 1 aliphatic heterocycles. The van der Waals surface area contributed by atoms with Crippen molar-refractivity contribution in [1.82, 2.24) is 4.90 Å². The monoisotopic (exact) mass is 213 g/mol. The zero-order chi connectivity index (χ0) is 11.3. The van der Waals surface area contributed by atoms with E-state index in [4.69, 9.17) is 4.74 Å². The van der Waals surface area contributed by atoms with E-state index >= 15 is 0 Å². The van der Waals surface area contributed by atoms with Crippen LogP contribution in [0.3, 0.4) is 0 Å². The molecule has 1 aliphatic rings. The van der Waals surface area contributed by atoms with Crippen molar-refractivity contribution in [3.8, 4) is 0 Å². The Morgan fingerprint density at radius 1 is 1.33 bits per heavy atom. The number of esters is 1. The van der Waals surface area contributed by atoms with Crippen molar-refractivity contribution in [3.63, 3.8) is 0 Å². The fraction of sp³-hybridized carbons (Fsp3) is 0.818. The van der Waals surface area contributed by atoms with Gasteiger partial charge in [-0.15, -0.1) is 0 Å². The first-order valence-electron chi connectivity index (χ1n) is 5.54. The first kappa shape index (κ1) is 12.0. The molecule has 4 heteroatoms. The van der Waals surface area contributed by atoms with Crippen LogP contribution < -0.4 is 0 Å². The molecule has 86 valence electrons. The maximum atomic E-state index is 11.6. The highest BCUT2D eigenvalue weighted by Gasteiger charge is 2.27. The first-order valence-corrected chi connectivity index (χ1v) is 5.54. The van der Waals surface area contributed by atoms with Crippen LogP contribution in [0.4, 0.5) is 0 Å². The van der Waals surface area contributed by atoms with Crippen LogP contribution >= 0.6 is 0 Å². The summed E-state index contributed by atoms with van der Waals surface area (Å²) in [6.07, 6.45) is 2.98. The first-order chi connectivity index (χ1) is 7.19. The molecule has 1 amide bonds. The van der Waals surface area contributed by atoms with Crippen LogP contribution in [0, 0.1) is 5.92 Å². The van der Waals surface area contributed by atoms with E-state index in [2.05, 4.69) is 0 Å². The summed E-state index contributed by atoms with van der Waals surface area (Å²) in [5.74, 6) is 0.0547. The molecule has 1 rings (SSSR count). The van der Waals surface area contributed by atoms with E-state index in [-0.39, 0.29) is 17.8 Å². The third-order valence-corrected chi connectivity index (χ3v) is 2.85. The highest BCUT2D eigenvalue weighted by Crippen LogP contribution is 2.19. The molecule has 0 spiro atoms. The maximum Gasteiger partial charge on any atom is 0.308 e. The van der Waals surface area contributed by atoms with Gasteiger partial charge < -0.3 is 9.64 Å². The van der Waals surface area contributed by atoms with E-state index < -0.39 is 0 Å². The molecule has 1 heterocycles. The topological polar surface area (TPSA) is 46.6 Å². The predicted molar refractivity (Wildman–Crippen MR) is 56.2 cm³/mol. The number of ether oxygens (including phenoxy) is 1. The third kappa shape index (κ3) is 3.22. The Labute approximate surface area is 90.6 Å². The number of carbonyl (C=O) groups excluding carboxylic acids is 2. The highest BCUT2D eigenvalue weighted by molar-refractivity contribution is 5.77. The van der Waals surface area contributed by atoms with Gasteiger partial charge in [-0.1, -0.05) is 6.92 Å². The minimum absolute atomic E-state index is 0.0133. The number of nitrogens with zero attached hydrogens (tertiary/aromatic N) is 1. The van der Waals surface area contributed by atoms with Crippen molar-refractivity contribution < 1.29 is 14.3 Å². The lowest BCUT2D eigenvalue weighted by atomic mass is 9.97. The van der Waals surface area contributed by atoms with Crippen LogP contribution in [-0.4, -0.2) is 37.0 Å². The lowest BCUT2D eigenvalue weighted by Crippen LogP contribution is -2.40. The molecule has 0 aliphatic carbocycles. The van der Waals surface area contributed by atoms with Crippen LogP contribution in [0.5, 0.6) is 0 Å². The normalized spacial score (nSPS) is 17.6. The number of methoxy groups -OCH3 is 1. The maximum absolute atomic E-state index is 11.6. The molecule has 0 atom stereocenters. The molecule has 15 heavy (non-hydrogen) atoms. The van der Waals surface area contributed by atoms with Crippen LogP contribution in [0.25, 0.3) is 0 Å². The van der Waals surface area contributed by atoms with Crippen LogP contribution in [0.1, 0.15) is 32.6 Å². The van der Waals surface area contributed by atoms with Crippen LogP contribution in [0.2, 0.25) is 0 Å². The molecule has 0 radical (unpaired) electrons. The SMILES string of the molecule is CCCC(=O)N1CCC(C(=O)OC)CC1. The molecule has 0 unspecified atom stereocenters. The molecular formula is C11H19NO3. The van der Waals surface area contributed by atoms with Gasteiger partial charge >= 0.3 is 5.97 Å². The molecule has 0 saturated carbocycles. The summed E-state index contributed by atoms with van der Waals surface area (Å²) in [5, 5.41) is 0. The van der Waals surface area contributed by atoms with Crippen LogP contribution in [-0.2, 0) is 14.3 Å². The van der Waals surface area contributed by atoms with Gasteiger partial charge in [0.2, 0.25) is 5.91 Å². The molecule has 0 aromatic rings. The van der Waals surface area contributed by atoms with Gasteiger partial charge in [0, 0.05) is 19.5 Å². The molecule has 4 nitrogen and oxygen atoms in total. The summed E-state index contributed by atoms with van der Waals surface area (Å²) < 4.78 is 4.69. The van der Waals surface area contributed by atoms with E-state index in [0.717, 1.165) is 19.3 Å². The Kier molecular flexibility index (Phi) is 4.59. The smallest absolute Gasteiger partial charge is 0.308 e. The van der Waals surface area contributed by atoms with Crippen molar-refractivity contribution in [3.05, 3.63) is 0 Å². The fourth-order valence-corrected chi connectivity index (χ4v) is 1.90. The average Bonchev–Trinajstić information content (AvgIpc) is 2.28. The van der Waals surface area contributed by atoms with Gasteiger partial charge in [0.05, 0.1) is 13.0 Å². The Morgan fingerprint density at radius 2 is 1.93 bits per heavy atom. The van der Waals surface area contributed by atoms with Gasteiger partial charge in [0.15, 0.2) is 0 Å². The fourth-order valence-electron chi connectivity index (χ4n) is 1.90. The highest BCUT2D eigenvalue weighted by atomic mass is 16.5. The van der Waals surface area contributed by atoms with Gasteiger partial charge in [-0.25, -0.2) is 0 Å². The molecule has 0 bridgehead atoms. The number of likely N-dealkylation sites (tertiary alicyclic amines) is 1. The van der Waals surface area contributed by atoms with Crippen molar-refractivity contribution in [2.75, 3.05) is 20.2 Å². The van der Waals surface area contributed by atoms with E-state index in [0.29, 0.717) is 19.5 Å². The van der Waals surface area contributed by atoms with Crippen molar-refractivity contribution >= 4 is 11.9 Å².